The molecule has 2 rings (SSSR count). The third kappa shape index (κ3) is 2.72. The van der Waals surface area contributed by atoms with Gasteiger partial charge in [-0.05, 0) is 37.6 Å². The van der Waals surface area contributed by atoms with E-state index in [-0.39, 0.29) is 11.9 Å². The maximum Gasteiger partial charge on any atom is 0.254 e. The molecule has 1 aliphatic rings. The van der Waals surface area contributed by atoms with E-state index in [0.717, 1.165) is 25.1 Å². The largest absolute Gasteiger partial charge is 0.493 e. The van der Waals surface area contributed by atoms with Crippen LogP contribution in [0.3, 0.4) is 0 Å². The predicted octanol–water partition coefficient (Wildman–Crippen LogP) is 1.45. The van der Waals surface area contributed by atoms with E-state index in [4.69, 9.17) is 9.47 Å². The van der Waals surface area contributed by atoms with Crippen molar-refractivity contribution in [1.82, 2.24) is 10.2 Å². The topological polar surface area (TPSA) is 50.8 Å². The standard InChI is InChI=1S/C15H22N2O3/c1-10-7-13(19-3)14(20-4)8-12(10)15(18)17(2)11-5-6-16-9-11/h7-8,11,16H,5-6,9H2,1-4H3. The maximum atomic E-state index is 12.6. The van der Waals surface area contributed by atoms with Crippen LogP contribution in [-0.4, -0.2) is 51.2 Å². The summed E-state index contributed by atoms with van der Waals surface area (Å²) in [5.74, 6) is 1.25. The van der Waals surface area contributed by atoms with Gasteiger partial charge in [-0.1, -0.05) is 0 Å². The van der Waals surface area contributed by atoms with Gasteiger partial charge < -0.3 is 19.7 Å². The van der Waals surface area contributed by atoms with E-state index < -0.39 is 0 Å². The number of carbonyl (C=O) groups is 1. The number of methoxy groups -OCH3 is 2. The maximum absolute atomic E-state index is 12.6. The first kappa shape index (κ1) is 14.7. The van der Waals surface area contributed by atoms with E-state index in [1.165, 1.54) is 0 Å². The molecule has 5 nitrogen and oxygen atoms in total. The molecule has 0 spiro atoms. The highest BCUT2D eigenvalue weighted by Gasteiger charge is 2.25. The highest BCUT2D eigenvalue weighted by atomic mass is 16.5. The molecule has 1 fully saturated rings. The van der Waals surface area contributed by atoms with E-state index >= 15 is 0 Å². The summed E-state index contributed by atoms with van der Waals surface area (Å²) < 4.78 is 10.5. The Labute approximate surface area is 119 Å². The van der Waals surface area contributed by atoms with Crippen molar-refractivity contribution in [2.45, 2.75) is 19.4 Å². The van der Waals surface area contributed by atoms with E-state index in [1.807, 2.05) is 24.9 Å². The Morgan fingerprint density at radius 1 is 1.30 bits per heavy atom. The molecular weight excluding hydrogens is 256 g/mol. The molecule has 1 saturated heterocycles. The number of carbonyl (C=O) groups excluding carboxylic acids is 1. The van der Waals surface area contributed by atoms with Crippen LogP contribution in [0.2, 0.25) is 0 Å². The van der Waals surface area contributed by atoms with Crippen LogP contribution < -0.4 is 14.8 Å². The third-order valence-electron chi connectivity index (χ3n) is 3.86. The first-order chi connectivity index (χ1) is 9.58. The van der Waals surface area contributed by atoms with Crippen molar-refractivity contribution in [3.63, 3.8) is 0 Å². The van der Waals surface area contributed by atoms with Crippen molar-refractivity contribution in [1.29, 1.82) is 0 Å². The second kappa shape index (κ2) is 6.13. The lowest BCUT2D eigenvalue weighted by molar-refractivity contribution is 0.0742. The minimum atomic E-state index is 0.0251. The first-order valence-corrected chi connectivity index (χ1v) is 6.79. The van der Waals surface area contributed by atoms with Gasteiger partial charge in [-0.25, -0.2) is 0 Å². The fourth-order valence-electron chi connectivity index (χ4n) is 2.54. The van der Waals surface area contributed by atoms with Crippen molar-refractivity contribution in [3.05, 3.63) is 23.3 Å². The number of ether oxygens (including phenoxy) is 2. The van der Waals surface area contributed by atoms with Gasteiger partial charge in [-0.2, -0.15) is 0 Å². The fourth-order valence-corrected chi connectivity index (χ4v) is 2.54. The van der Waals surface area contributed by atoms with Gasteiger partial charge in [0.05, 0.1) is 14.2 Å². The van der Waals surface area contributed by atoms with Gasteiger partial charge >= 0.3 is 0 Å². The Bertz CT molecular complexity index is 496. The highest BCUT2D eigenvalue weighted by Crippen LogP contribution is 2.31. The molecule has 0 aromatic heterocycles. The highest BCUT2D eigenvalue weighted by molar-refractivity contribution is 5.96. The SMILES string of the molecule is COc1cc(C)c(C(=O)N(C)C2CCNC2)cc1OC. The third-order valence-corrected chi connectivity index (χ3v) is 3.86. The van der Waals surface area contributed by atoms with Crippen LogP contribution in [0.1, 0.15) is 22.3 Å². The fraction of sp³-hybridized carbons (Fsp3) is 0.533. The van der Waals surface area contributed by atoms with E-state index in [0.29, 0.717) is 17.1 Å². The molecule has 1 N–H and O–H groups in total. The number of hydrogen-bond donors (Lipinski definition) is 1. The molecular formula is C15H22N2O3. The van der Waals surface area contributed by atoms with Gasteiger partial charge in [0.1, 0.15) is 0 Å². The summed E-state index contributed by atoms with van der Waals surface area (Å²) in [6, 6.07) is 3.86. The Morgan fingerprint density at radius 3 is 2.50 bits per heavy atom. The lowest BCUT2D eigenvalue weighted by Crippen LogP contribution is -2.38. The molecule has 1 aliphatic heterocycles. The second-order valence-corrected chi connectivity index (χ2v) is 5.08. The lowest BCUT2D eigenvalue weighted by Gasteiger charge is -2.25. The molecule has 20 heavy (non-hydrogen) atoms. The number of amides is 1. The second-order valence-electron chi connectivity index (χ2n) is 5.08. The predicted molar refractivity (Wildman–Crippen MR) is 77.7 cm³/mol. The van der Waals surface area contributed by atoms with Gasteiger partial charge in [-0.3, -0.25) is 4.79 Å². The number of hydrogen-bond acceptors (Lipinski definition) is 4. The zero-order chi connectivity index (χ0) is 14.7. The van der Waals surface area contributed by atoms with Crippen molar-refractivity contribution in [2.24, 2.45) is 0 Å². The van der Waals surface area contributed by atoms with Crippen molar-refractivity contribution >= 4 is 5.91 Å². The van der Waals surface area contributed by atoms with Crippen LogP contribution in [0.15, 0.2) is 12.1 Å². The van der Waals surface area contributed by atoms with Crippen LogP contribution in [0.25, 0.3) is 0 Å². The average molecular weight is 278 g/mol. The number of nitrogens with zero attached hydrogens (tertiary/aromatic N) is 1. The Morgan fingerprint density at radius 2 is 1.95 bits per heavy atom. The lowest BCUT2D eigenvalue weighted by atomic mass is 10.1. The molecule has 1 aromatic carbocycles. The van der Waals surface area contributed by atoms with Gasteiger partial charge in [0, 0.05) is 25.2 Å². The van der Waals surface area contributed by atoms with Crippen LogP contribution in [0.4, 0.5) is 0 Å². The number of aryl methyl sites for hydroxylation is 1. The monoisotopic (exact) mass is 278 g/mol. The molecule has 0 bridgehead atoms. The smallest absolute Gasteiger partial charge is 0.254 e. The van der Waals surface area contributed by atoms with Crippen LogP contribution in [-0.2, 0) is 0 Å². The molecule has 1 heterocycles. The molecule has 0 radical (unpaired) electrons. The molecule has 0 aliphatic carbocycles. The summed E-state index contributed by atoms with van der Waals surface area (Å²) >= 11 is 0. The molecule has 1 atom stereocenters. The first-order valence-electron chi connectivity index (χ1n) is 6.79. The van der Waals surface area contributed by atoms with Gasteiger partial charge in [0.2, 0.25) is 0 Å². The summed E-state index contributed by atoms with van der Waals surface area (Å²) in [5.41, 5.74) is 1.56. The van der Waals surface area contributed by atoms with Crippen molar-refractivity contribution in [2.75, 3.05) is 34.4 Å². The van der Waals surface area contributed by atoms with Gasteiger partial charge in [0.25, 0.3) is 5.91 Å². The minimum absolute atomic E-state index is 0.0251. The normalized spacial score (nSPS) is 17.9. The van der Waals surface area contributed by atoms with Crippen LogP contribution in [0, 0.1) is 6.92 Å². The summed E-state index contributed by atoms with van der Waals surface area (Å²) in [6.45, 7) is 3.73. The molecule has 1 aromatic rings. The average Bonchev–Trinajstić information content (AvgIpc) is 2.99. The summed E-state index contributed by atoms with van der Waals surface area (Å²) in [5, 5.41) is 3.28. The summed E-state index contributed by atoms with van der Waals surface area (Å²) in [7, 11) is 5.03. The van der Waals surface area contributed by atoms with Gasteiger partial charge in [-0.15, -0.1) is 0 Å². The van der Waals surface area contributed by atoms with E-state index in [9.17, 15) is 4.79 Å². The Balaban J connectivity index is 2.29. The summed E-state index contributed by atoms with van der Waals surface area (Å²) in [6.07, 6.45) is 0.995. The number of rotatable bonds is 4. The van der Waals surface area contributed by atoms with Crippen molar-refractivity contribution in [3.8, 4) is 11.5 Å². The Hall–Kier alpha value is -1.75. The molecule has 5 heteroatoms. The molecule has 0 saturated carbocycles. The Kier molecular flexibility index (Phi) is 4.49. The van der Waals surface area contributed by atoms with Crippen LogP contribution >= 0.6 is 0 Å². The van der Waals surface area contributed by atoms with Crippen molar-refractivity contribution < 1.29 is 14.3 Å². The number of benzene rings is 1. The van der Waals surface area contributed by atoms with E-state index in [1.54, 1.807) is 20.3 Å². The minimum Gasteiger partial charge on any atom is -0.493 e. The zero-order valence-electron chi connectivity index (χ0n) is 12.5. The quantitative estimate of drug-likeness (QED) is 0.905. The van der Waals surface area contributed by atoms with E-state index in [2.05, 4.69) is 5.32 Å². The van der Waals surface area contributed by atoms with Gasteiger partial charge in [0.15, 0.2) is 11.5 Å². The summed E-state index contributed by atoms with van der Waals surface area (Å²) in [4.78, 5) is 14.4. The molecule has 110 valence electrons. The number of likely N-dealkylation sites (N-methyl/N-ethyl adjacent to an activating group) is 1. The molecule has 1 amide bonds. The molecule has 1 unspecified atom stereocenters. The zero-order valence-corrected chi connectivity index (χ0v) is 12.5. The van der Waals surface area contributed by atoms with Crippen LogP contribution in [0.5, 0.6) is 11.5 Å². The number of nitrogens with one attached hydrogen (secondary N) is 1.